The van der Waals surface area contributed by atoms with E-state index in [4.69, 9.17) is 4.74 Å². The van der Waals surface area contributed by atoms with Crippen LogP contribution in [-0.4, -0.2) is 12.4 Å². The maximum absolute atomic E-state index is 11.3. The molecule has 1 saturated heterocycles. The Bertz CT molecular complexity index is 387. The van der Waals surface area contributed by atoms with Crippen LogP contribution in [0.25, 0.3) is 0 Å². The lowest BCUT2D eigenvalue weighted by molar-refractivity contribution is -0.128. The summed E-state index contributed by atoms with van der Waals surface area (Å²) in [5, 5.41) is 0. The number of Topliss-reactive ketones (excluding diaryl/α,β-unsaturated/α-hetero) is 1. The minimum atomic E-state index is -0.0435. The molecule has 1 aromatic rings. The fraction of sp³-hybridized carbons (Fsp3) is 0.417. The second-order valence-corrected chi connectivity index (χ2v) is 4.72. The molecule has 1 aromatic carbocycles. The second kappa shape index (κ2) is 4.45. The third kappa shape index (κ3) is 2.47. The van der Waals surface area contributed by atoms with Gasteiger partial charge in [-0.1, -0.05) is 28.1 Å². The van der Waals surface area contributed by atoms with Crippen LogP contribution in [0.1, 0.15) is 30.1 Å². The van der Waals surface area contributed by atoms with E-state index in [0.717, 1.165) is 10.0 Å². The number of halogens is 1. The Labute approximate surface area is 97.8 Å². The zero-order valence-corrected chi connectivity index (χ0v) is 10.2. The van der Waals surface area contributed by atoms with Crippen LogP contribution >= 0.6 is 15.9 Å². The first-order chi connectivity index (χ1) is 7.16. The standard InChI is InChI=1S/C12H13BrO2/c1-8-6-9(2-3-11(8)13)12-7-10(14)4-5-15-12/h2-3,6,12H,4-5,7H2,1H3. The van der Waals surface area contributed by atoms with Crippen molar-refractivity contribution in [3.05, 3.63) is 33.8 Å². The van der Waals surface area contributed by atoms with Crippen molar-refractivity contribution in [2.45, 2.75) is 25.9 Å². The lowest BCUT2D eigenvalue weighted by atomic mass is 9.99. The quantitative estimate of drug-likeness (QED) is 0.782. The lowest BCUT2D eigenvalue weighted by Crippen LogP contribution is -2.19. The Morgan fingerprint density at radius 3 is 2.93 bits per heavy atom. The van der Waals surface area contributed by atoms with Gasteiger partial charge in [-0.3, -0.25) is 4.79 Å². The summed E-state index contributed by atoms with van der Waals surface area (Å²) < 4.78 is 6.68. The monoisotopic (exact) mass is 268 g/mol. The van der Waals surface area contributed by atoms with E-state index >= 15 is 0 Å². The van der Waals surface area contributed by atoms with E-state index in [1.54, 1.807) is 0 Å². The molecule has 1 aliphatic rings. The fourth-order valence-electron chi connectivity index (χ4n) is 1.77. The zero-order valence-electron chi connectivity index (χ0n) is 8.63. The Kier molecular flexibility index (Phi) is 3.22. The van der Waals surface area contributed by atoms with Gasteiger partial charge in [0.05, 0.1) is 12.7 Å². The number of rotatable bonds is 1. The molecule has 1 aliphatic heterocycles. The molecule has 0 amide bonds. The summed E-state index contributed by atoms with van der Waals surface area (Å²) in [5.74, 6) is 0.298. The molecule has 1 fully saturated rings. The number of hydrogen-bond acceptors (Lipinski definition) is 2. The minimum absolute atomic E-state index is 0.0435. The van der Waals surface area contributed by atoms with E-state index in [1.165, 1.54) is 5.56 Å². The topological polar surface area (TPSA) is 26.3 Å². The van der Waals surface area contributed by atoms with Crippen molar-refractivity contribution >= 4 is 21.7 Å². The molecule has 0 aromatic heterocycles. The fourth-order valence-corrected chi connectivity index (χ4v) is 2.01. The summed E-state index contributed by atoms with van der Waals surface area (Å²) in [6.07, 6.45) is 1.03. The summed E-state index contributed by atoms with van der Waals surface area (Å²) in [6.45, 7) is 2.59. The van der Waals surface area contributed by atoms with Gasteiger partial charge in [-0.2, -0.15) is 0 Å². The Morgan fingerprint density at radius 2 is 2.27 bits per heavy atom. The van der Waals surface area contributed by atoms with E-state index in [-0.39, 0.29) is 6.10 Å². The van der Waals surface area contributed by atoms with Gasteiger partial charge in [0.2, 0.25) is 0 Å². The average Bonchev–Trinajstić information content (AvgIpc) is 2.22. The van der Waals surface area contributed by atoms with Crippen molar-refractivity contribution in [1.82, 2.24) is 0 Å². The summed E-state index contributed by atoms with van der Waals surface area (Å²) in [6, 6.07) is 6.10. The molecule has 2 nitrogen and oxygen atoms in total. The number of carbonyl (C=O) groups excluding carboxylic acids is 1. The normalized spacial score (nSPS) is 21.7. The van der Waals surface area contributed by atoms with E-state index in [1.807, 2.05) is 19.1 Å². The van der Waals surface area contributed by atoms with Crippen molar-refractivity contribution in [2.24, 2.45) is 0 Å². The molecule has 1 atom stereocenters. The van der Waals surface area contributed by atoms with Crippen LogP contribution < -0.4 is 0 Å². The molecule has 0 spiro atoms. The summed E-state index contributed by atoms with van der Waals surface area (Å²) in [7, 11) is 0. The smallest absolute Gasteiger partial charge is 0.138 e. The maximum Gasteiger partial charge on any atom is 0.138 e. The minimum Gasteiger partial charge on any atom is -0.373 e. The Morgan fingerprint density at radius 1 is 1.47 bits per heavy atom. The van der Waals surface area contributed by atoms with Gasteiger partial charge in [-0.05, 0) is 24.1 Å². The molecule has 0 saturated carbocycles. The predicted octanol–water partition coefficient (Wildman–Crippen LogP) is 3.18. The van der Waals surface area contributed by atoms with Gasteiger partial charge in [0, 0.05) is 17.3 Å². The largest absolute Gasteiger partial charge is 0.373 e. The summed E-state index contributed by atoms with van der Waals surface area (Å²) >= 11 is 3.46. The van der Waals surface area contributed by atoms with Crippen LogP contribution in [0.2, 0.25) is 0 Å². The molecular formula is C12H13BrO2. The third-order valence-electron chi connectivity index (χ3n) is 2.67. The van der Waals surface area contributed by atoms with Crippen molar-refractivity contribution in [2.75, 3.05) is 6.61 Å². The number of ketones is 1. The zero-order chi connectivity index (χ0) is 10.8. The molecule has 1 unspecified atom stereocenters. The molecule has 3 heteroatoms. The molecule has 15 heavy (non-hydrogen) atoms. The highest BCUT2D eigenvalue weighted by Crippen LogP contribution is 2.28. The summed E-state index contributed by atoms with van der Waals surface area (Å²) in [4.78, 5) is 11.3. The number of benzene rings is 1. The van der Waals surface area contributed by atoms with Crippen molar-refractivity contribution < 1.29 is 9.53 Å². The van der Waals surface area contributed by atoms with Crippen LogP contribution in [0.3, 0.4) is 0 Å². The van der Waals surface area contributed by atoms with Crippen LogP contribution in [0.15, 0.2) is 22.7 Å². The van der Waals surface area contributed by atoms with Gasteiger partial charge in [-0.15, -0.1) is 0 Å². The molecule has 0 N–H and O–H groups in total. The van der Waals surface area contributed by atoms with Crippen LogP contribution in [0.5, 0.6) is 0 Å². The van der Waals surface area contributed by atoms with Gasteiger partial charge in [0.15, 0.2) is 0 Å². The number of ether oxygens (including phenoxy) is 1. The number of aryl methyl sites for hydroxylation is 1. The SMILES string of the molecule is Cc1cc(C2CC(=O)CCO2)ccc1Br. The highest BCUT2D eigenvalue weighted by Gasteiger charge is 2.21. The molecule has 1 heterocycles. The van der Waals surface area contributed by atoms with Gasteiger partial charge in [-0.25, -0.2) is 0 Å². The molecular weight excluding hydrogens is 256 g/mol. The third-order valence-corrected chi connectivity index (χ3v) is 3.56. The average molecular weight is 269 g/mol. The van der Waals surface area contributed by atoms with Crippen molar-refractivity contribution in [3.63, 3.8) is 0 Å². The van der Waals surface area contributed by atoms with Crippen molar-refractivity contribution in [1.29, 1.82) is 0 Å². The van der Waals surface area contributed by atoms with E-state index < -0.39 is 0 Å². The number of carbonyl (C=O) groups is 1. The highest BCUT2D eigenvalue weighted by atomic mass is 79.9. The van der Waals surface area contributed by atoms with Gasteiger partial charge < -0.3 is 4.74 Å². The van der Waals surface area contributed by atoms with Crippen LogP contribution in [0, 0.1) is 6.92 Å². The molecule has 80 valence electrons. The first kappa shape index (κ1) is 10.8. The lowest BCUT2D eigenvalue weighted by Gasteiger charge is -2.22. The number of hydrogen-bond donors (Lipinski definition) is 0. The molecule has 0 bridgehead atoms. The van der Waals surface area contributed by atoms with E-state index in [2.05, 4.69) is 22.0 Å². The Balaban J connectivity index is 2.21. The second-order valence-electron chi connectivity index (χ2n) is 3.86. The van der Waals surface area contributed by atoms with Gasteiger partial charge >= 0.3 is 0 Å². The van der Waals surface area contributed by atoms with Gasteiger partial charge in [0.25, 0.3) is 0 Å². The van der Waals surface area contributed by atoms with E-state index in [0.29, 0.717) is 25.2 Å². The first-order valence-corrected chi connectivity index (χ1v) is 5.85. The predicted molar refractivity (Wildman–Crippen MR) is 61.8 cm³/mol. The van der Waals surface area contributed by atoms with Gasteiger partial charge in [0.1, 0.15) is 5.78 Å². The van der Waals surface area contributed by atoms with E-state index in [9.17, 15) is 4.79 Å². The Hall–Kier alpha value is -0.670. The van der Waals surface area contributed by atoms with Crippen molar-refractivity contribution in [3.8, 4) is 0 Å². The molecule has 2 rings (SSSR count). The maximum atomic E-state index is 11.3. The highest BCUT2D eigenvalue weighted by molar-refractivity contribution is 9.10. The van der Waals surface area contributed by atoms with Crippen LogP contribution in [0.4, 0.5) is 0 Å². The van der Waals surface area contributed by atoms with Crippen LogP contribution in [-0.2, 0) is 9.53 Å². The first-order valence-electron chi connectivity index (χ1n) is 5.06. The summed E-state index contributed by atoms with van der Waals surface area (Å²) in [5.41, 5.74) is 2.28. The molecule has 0 radical (unpaired) electrons. The molecule has 0 aliphatic carbocycles.